The van der Waals surface area contributed by atoms with Crippen LogP contribution in [0.3, 0.4) is 0 Å². The summed E-state index contributed by atoms with van der Waals surface area (Å²) >= 11 is 0. The summed E-state index contributed by atoms with van der Waals surface area (Å²) in [6.07, 6.45) is 3.00. The van der Waals surface area contributed by atoms with Crippen LogP contribution in [0.5, 0.6) is 0 Å². The lowest BCUT2D eigenvalue weighted by molar-refractivity contribution is -0.139. The highest BCUT2D eigenvalue weighted by atomic mass is 16.5. The lowest BCUT2D eigenvalue weighted by atomic mass is 10.0. The Hall–Kier alpha value is -2.21. The molecule has 1 unspecified atom stereocenters. The second-order valence-electron chi connectivity index (χ2n) is 5.32. The summed E-state index contributed by atoms with van der Waals surface area (Å²) in [6.45, 7) is 2.97. The van der Waals surface area contributed by atoms with E-state index < -0.39 is 5.60 Å². The number of carbonyl (C=O) groups excluding carboxylic acids is 1. The van der Waals surface area contributed by atoms with Gasteiger partial charge in [0, 0.05) is 18.7 Å². The summed E-state index contributed by atoms with van der Waals surface area (Å²) < 4.78 is 10.2. The van der Waals surface area contributed by atoms with E-state index in [0.717, 1.165) is 24.0 Å². The Kier molecular flexibility index (Phi) is 3.70. The fourth-order valence-corrected chi connectivity index (χ4v) is 2.40. The molecule has 1 N–H and O–H groups in total. The third-order valence-electron chi connectivity index (χ3n) is 3.73. The molecule has 1 saturated heterocycles. The molecule has 6 nitrogen and oxygen atoms in total. The van der Waals surface area contributed by atoms with Gasteiger partial charge in [0.25, 0.3) is 5.91 Å². The molecule has 110 valence electrons. The average Bonchev–Trinajstić information content (AvgIpc) is 3.17. The van der Waals surface area contributed by atoms with Crippen molar-refractivity contribution in [2.45, 2.75) is 31.9 Å². The normalized spacial score (nSPS) is 21.4. The number of ether oxygens (including phenoxy) is 1. The molecule has 0 saturated carbocycles. The first-order valence-corrected chi connectivity index (χ1v) is 6.95. The Morgan fingerprint density at radius 3 is 2.81 bits per heavy atom. The second kappa shape index (κ2) is 5.65. The minimum absolute atomic E-state index is 0.0535. The van der Waals surface area contributed by atoms with Crippen LogP contribution in [0.4, 0.5) is 0 Å². The monoisotopic (exact) mass is 287 g/mol. The molecule has 1 atom stereocenters. The average molecular weight is 287 g/mol. The van der Waals surface area contributed by atoms with Crippen LogP contribution in [0.15, 0.2) is 35.2 Å². The number of aromatic nitrogens is 2. The highest BCUT2D eigenvalue weighted by Gasteiger charge is 2.37. The van der Waals surface area contributed by atoms with Crippen molar-refractivity contribution in [1.82, 2.24) is 15.5 Å². The molecule has 1 aromatic carbocycles. The lowest BCUT2D eigenvalue weighted by Crippen LogP contribution is -2.43. The zero-order valence-electron chi connectivity index (χ0n) is 11.8. The van der Waals surface area contributed by atoms with Crippen LogP contribution in [0.2, 0.25) is 0 Å². The van der Waals surface area contributed by atoms with Crippen molar-refractivity contribution >= 4 is 5.91 Å². The van der Waals surface area contributed by atoms with Gasteiger partial charge in [-0.3, -0.25) is 4.79 Å². The van der Waals surface area contributed by atoms with Crippen LogP contribution in [0.1, 0.15) is 25.3 Å². The van der Waals surface area contributed by atoms with Crippen LogP contribution in [-0.4, -0.2) is 28.3 Å². The zero-order chi connectivity index (χ0) is 14.7. The van der Waals surface area contributed by atoms with Crippen molar-refractivity contribution in [1.29, 1.82) is 0 Å². The zero-order valence-corrected chi connectivity index (χ0v) is 11.8. The van der Waals surface area contributed by atoms with E-state index in [9.17, 15) is 4.79 Å². The molecule has 0 bridgehead atoms. The molecule has 1 aliphatic heterocycles. The molecule has 21 heavy (non-hydrogen) atoms. The number of benzene rings is 1. The molecule has 1 amide bonds. The predicted molar refractivity (Wildman–Crippen MR) is 75.2 cm³/mol. The van der Waals surface area contributed by atoms with E-state index in [4.69, 9.17) is 9.26 Å². The fraction of sp³-hybridized carbons (Fsp3) is 0.400. The minimum Gasteiger partial charge on any atom is -0.365 e. The molecule has 1 fully saturated rings. The Balaban J connectivity index is 1.60. The van der Waals surface area contributed by atoms with Crippen LogP contribution in [0, 0.1) is 0 Å². The number of hydrogen-bond acceptors (Lipinski definition) is 5. The molecule has 0 spiro atoms. The summed E-state index contributed by atoms with van der Waals surface area (Å²) in [5.74, 6) is 0.500. The molecule has 3 rings (SSSR count). The van der Waals surface area contributed by atoms with E-state index in [0.29, 0.717) is 19.0 Å². The summed E-state index contributed by atoms with van der Waals surface area (Å²) in [5.41, 5.74) is 1.21. The van der Waals surface area contributed by atoms with E-state index in [1.165, 1.54) is 6.39 Å². The van der Waals surface area contributed by atoms with Gasteiger partial charge in [-0.15, -0.1) is 0 Å². The summed E-state index contributed by atoms with van der Waals surface area (Å²) in [7, 11) is 0. The molecule has 0 radical (unpaired) electrons. The van der Waals surface area contributed by atoms with Crippen LogP contribution in [-0.2, 0) is 16.1 Å². The number of nitrogens with one attached hydrogen (secondary N) is 1. The first-order valence-electron chi connectivity index (χ1n) is 6.95. The van der Waals surface area contributed by atoms with Crippen LogP contribution >= 0.6 is 0 Å². The van der Waals surface area contributed by atoms with Crippen LogP contribution in [0.25, 0.3) is 11.4 Å². The van der Waals surface area contributed by atoms with Gasteiger partial charge in [-0.05, 0) is 25.3 Å². The van der Waals surface area contributed by atoms with E-state index in [2.05, 4.69) is 15.5 Å². The van der Waals surface area contributed by atoms with Crippen molar-refractivity contribution in [3.8, 4) is 11.4 Å². The largest absolute Gasteiger partial charge is 0.365 e. The Morgan fingerprint density at radius 1 is 1.38 bits per heavy atom. The SMILES string of the molecule is CC1(C(=O)NCc2ccc(-c3ncon3)cc2)CCCO1. The Morgan fingerprint density at radius 2 is 2.19 bits per heavy atom. The minimum atomic E-state index is -0.676. The number of amides is 1. The first-order chi connectivity index (χ1) is 10.2. The van der Waals surface area contributed by atoms with E-state index in [1.54, 1.807) is 0 Å². The van der Waals surface area contributed by atoms with Gasteiger partial charge in [0.15, 0.2) is 0 Å². The highest BCUT2D eigenvalue weighted by Crippen LogP contribution is 2.25. The van der Waals surface area contributed by atoms with Gasteiger partial charge in [0.05, 0.1) is 0 Å². The van der Waals surface area contributed by atoms with Gasteiger partial charge in [-0.25, -0.2) is 0 Å². The maximum absolute atomic E-state index is 12.1. The standard InChI is InChI=1S/C15H17N3O3/c1-15(7-2-8-20-15)14(19)16-9-11-3-5-12(6-4-11)13-17-10-21-18-13/h3-6,10H,2,7-9H2,1H3,(H,16,19). The Bertz CT molecular complexity index is 602. The number of nitrogens with zero attached hydrogens (tertiary/aromatic N) is 2. The van der Waals surface area contributed by atoms with E-state index in [1.807, 2.05) is 31.2 Å². The molecule has 6 heteroatoms. The predicted octanol–water partition coefficient (Wildman–Crippen LogP) is 1.92. The topological polar surface area (TPSA) is 77.3 Å². The number of rotatable bonds is 4. The van der Waals surface area contributed by atoms with Gasteiger partial charge in [-0.2, -0.15) is 4.98 Å². The Labute approximate surface area is 122 Å². The maximum Gasteiger partial charge on any atom is 0.252 e. The van der Waals surface area contributed by atoms with Crippen molar-refractivity contribution in [3.63, 3.8) is 0 Å². The van der Waals surface area contributed by atoms with Crippen LogP contribution < -0.4 is 5.32 Å². The molecule has 1 aliphatic rings. The molecule has 2 heterocycles. The fourth-order valence-electron chi connectivity index (χ4n) is 2.40. The van der Waals surface area contributed by atoms with Gasteiger partial charge in [0.1, 0.15) is 5.60 Å². The molecule has 2 aromatic rings. The summed E-state index contributed by atoms with van der Waals surface area (Å²) in [6, 6.07) is 7.67. The maximum atomic E-state index is 12.1. The third-order valence-corrected chi connectivity index (χ3v) is 3.73. The number of hydrogen-bond donors (Lipinski definition) is 1. The van der Waals surface area contributed by atoms with Crippen molar-refractivity contribution in [2.75, 3.05) is 6.61 Å². The van der Waals surface area contributed by atoms with Gasteiger partial charge < -0.3 is 14.6 Å². The number of carbonyl (C=O) groups is 1. The van der Waals surface area contributed by atoms with Crippen molar-refractivity contribution in [3.05, 3.63) is 36.2 Å². The first kappa shape index (κ1) is 13.8. The van der Waals surface area contributed by atoms with Crippen molar-refractivity contribution < 1.29 is 14.1 Å². The quantitative estimate of drug-likeness (QED) is 0.929. The molecule has 0 aliphatic carbocycles. The van der Waals surface area contributed by atoms with Gasteiger partial charge in [-0.1, -0.05) is 29.4 Å². The summed E-state index contributed by atoms with van der Waals surface area (Å²) in [5, 5.41) is 6.70. The molecular weight excluding hydrogens is 270 g/mol. The van der Waals surface area contributed by atoms with Gasteiger partial charge in [0.2, 0.25) is 12.2 Å². The lowest BCUT2D eigenvalue weighted by Gasteiger charge is -2.21. The molecular formula is C15H17N3O3. The van der Waals surface area contributed by atoms with Crippen molar-refractivity contribution in [2.24, 2.45) is 0 Å². The molecule has 1 aromatic heterocycles. The van der Waals surface area contributed by atoms with E-state index in [-0.39, 0.29) is 5.91 Å². The smallest absolute Gasteiger partial charge is 0.252 e. The second-order valence-corrected chi connectivity index (χ2v) is 5.32. The third kappa shape index (κ3) is 2.95. The summed E-state index contributed by atoms with van der Waals surface area (Å²) in [4.78, 5) is 16.1. The van der Waals surface area contributed by atoms with Gasteiger partial charge >= 0.3 is 0 Å². The van der Waals surface area contributed by atoms with E-state index >= 15 is 0 Å². The highest BCUT2D eigenvalue weighted by molar-refractivity contribution is 5.85.